The third-order valence-corrected chi connectivity index (χ3v) is 5.28. The molecule has 3 rings (SSSR count). The van der Waals surface area contributed by atoms with Crippen LogP contribution in [0.15, 0.2) is 42.5 Å². The van der Waals surface area contributed by atoms with Gasteiger partial charge in [-0.25, -0.2) is 0 Å². The van der Waals surface area contributed by atoms with Gasteiger partial charge in [-0.2, -0.15) is 0 Å². The van der Waals surface area contributed by atoms with Crippen molar-refractivity contribution in [3.63, 3.8) is 0 Å². The molecule has 7 heteroatoms. The van der Waals surface area contributed by atoms with Crippen LogP contribution in [0.2, 0.25) is 5.02 Å². The number of nitro benzene ring substituents is 1. The lowest BCUT2D eigenvalue weighted by Crippen LogP contribution is -2.39. The number of halogens is 1. The van der Waals surface area contributed by atoms with E-state index in [9.17, 15) is 14.9 Å². The average Bonchev–Trinajstić information content (AvgIpc) is 3.50. The van der Waals surface area contributed by atoms with Gasteiger partial charge in [0, 0.05) is 24.7 Å². The molecule has 0 saturated heterocycles. The molecule has 0 spiro atoms. The molecule has 0 aliphatic heterocycles. The van der Waals surface area contributed by atoms with Crippen LogP contribution in [0.3, 0.4) is 0 Å². The van der Waals surface area contributed by atoms with E-state index in [-0.39, 0.29) is 28.2 Å². The van der Waals surface area contributed by atoms with E-state index in [2.05, 4.69) is 0 Å². The molecule has 1 fully saturated rings. The van der Waals surface area contributed by atoms with Gasteiger partial charge >= 0.3 is 0 Å². The summed E-state index contributed by atoms with van der Waals surface area (Å²) < 4.78 is 5.18. The minimum atomic E-state index is -0.526. The van der Waals surface area contributed by atoms with Crippen molar-refractivity contribution >= 4 is 23.2 Å². The van der Waals surface area contributed by atoms with Crippen LogP contribution in [0.25, 0.3) is 0 Å². The van der Waals surface area contributed by atoms with Crippen molar-refractivity contribution in [3.05, 3.63) is 68.7 Å². The molecule has 0 bridgehead atoms. The Bertz CT molecular complexity index is 850. The molecule has 1 amide bonds. The van der Waals surface area contributed by atoms with Gasteiger partial charge in [0.1, 0.15) is 5.75 Å². The Morgan fingerprint density at radius 1 is 1.30 bits per heavy atom. The Balaban J connectivity index is 1.87. The van der Waals surface area contributed by atoms with Crippen LogP contribution in [0.4, 0.5) is 5.69 Å². The summed E-state index contributed by atoms with van der Waals surface area (Å²) in [4.78, 5) is 25.4. The first kappa shape index (κ1) is 19.2. The molecule has 1 aliphatic carbocycles. The molecule has 1 atom stereocenters. The number of hydrogen-bond acceptors (Lipinski definition) is 4. The number of hydrogen-bond donors (Lipinski definition) is 0. The molecule has 142 valence electrons. The topological polar surface area (TPSA) is 72.7 Å². The van der Waals surface area contributed by atoms with Crippen LogP contribution in [-0.2, 0) is 6.54 Å². The molecule has 0 N–H and O–H groups in total. The summed E-state index contributed by atoms with van der Waals surface area (Å²) >= 11 is 6.19. The zero-order valence-corrected chi connectivity index (χ0v) is 16.0. The average molecular weight is 389 g/mol. The van der Waals surface area contributed by atoms with E-state index >= 15 is 0 Å². The smallest absolute Gasteiger partial charge is 0.270 e. The Morgan fingerprint density at radius 2 is 1.96 bits per heavy atom. The number of ether oxygens (including phenoxy) is 1. The van der Waals surface area contributed by atoms with Gasteiger partial charge in [0.2, 0.25) is 0 Å². The molecular weight excluding hydrogens is 368 g/mol. The summed E-state index contributed by atoms with van der Waals surface area (Å²) in [5, 5.41) is 11.0. The number of nitrogens with zero attached hydrogens (tertiary/aromatic N) is 2. The Hall–Kier alpha value is -2.60. The van der Waals surface area contributed by atoms with Gasteiger partial charge in [-0.15, -0.1) is 0 Å². The third kappa shape index (κ3) is 4.39. The van der Waals surface area contributed by atoms with Crippen molar-refractivity contribution in [2.75, 3.05) is 7.11 Å². The summed E-state index contributed by atoms with van der Waals surface area (Å²) in [5.41, 5.74) is 1.13. The van der Waals surface area contributed by atoms with E-state index < -0.39 is 4.92 Å². The number of carbonyl (C=O) groups excluding carboxylic acids is 1. The number of non-ortho nitro benzene ring substituents is 1. The second-order valence-electron chi connectivity index (χ2n) is 6.78. The SMILES string of the molecule is COc1ccc(CN(C(=O)c2ccc([N+](=O)[O-])cc2Cl)[C@@H](C)C2CC2)cc1. The van der Waals surface area contributed by atoms with Crippen LogP contribution in [-0.4, -0.2) is 28.9 Å². The molecule has 2 aromatic carbocycles. The molecule has 1 saturated carbocycles. The lowest BCUT2D eigenvalue weighted by atomic mass is 10.1. The zero-order chi connectivity index (χ0) is 19.6. The van der Waals surface area contributed by atoms with Gasteiger partial charge in [-0.3, -0.25) is 14.9 Å². The maximum atomic E-state index is 13.2. The van der Waals surface area contributed by atoms with E-state index in [0.29, 0.717) is 12.5 Å². The summed E-state index contributed by atoms with van der Waals surface area (Å²) in [6.45, 7) is 2.48. The highest BCUT2D eigenvalue weighted by Crippen LogP contribution is 2.37. The van der Waals surface area contributed by atoms with E-state index in [1.165, 1.54) is 18.2 Å². The summed E-state index contributed by atoms with van der Waals surface area (Å²) in [5.74, 6) is 1.01. The predicted octanol–water partition coefficient (Wildman–Crippen LogP) is 4.70. The molecule has 27 heavy (non-hydrogen) atoms. The maximum Gasteiger partial charge on any atom is 0.270 e. The Kier molecular flexibility index (Phi) is 5.65. The lowest BCUT2D eigenvalue weighted by Gasteiger charge is -2.30. The number of nitro groups is 1. The molecule has 0 aromatic heterocycles. The van der Waals surface area contributed by atoms with Gasteiger partial charge in [-0.05, 0) is 49.4 Å². The Morgan fingerprint density at radius 3 is 2.48 bits per heavy atom. The molecule has 0 unspecified atom stereocenters. The number of amides is 1. The van der Waals surface area contributed by atoms with Crippen LogP contribution < -0.4 is 4.74 Å². The first-order valence-electron chi connectivity index (χ1n) is 8.78. The fourth-order valence-corrected chi connectivity index (χ4v) is 3.36. The van der Waals surface area contributed by atoms with E-state index in [0.717, 1.165) is 24.2 Å². The molecule has 6 nitrogen and oxygen atoms in total. The van der Waals surface area contributed by atoms with E-state index in [1.807, 2.05) is 31.2 Å². The predicted molar refractivity (Wildman–Crippen MR) is 103 cm³/mol. The molecule has 1 aliphatic rings. The number of benzene rings is 2. The number of carbonyl (C=O) groups is 1. The van der Waals surface area contributed by atoms with Gasteiger partial charge in [0.25, 0.3) is 11.6 Å². The summed E-state index contributed by atoms with van der Waals surface area (Å²) in [6, 6.07) is 11.6. The highest BCUT2D eigenvalue weighted by atomic mass is 35.5. The zero-order valence-electron chi connectivity index (χ0n) is 15.2. The van der Waals surface area contributed by atoms with Gasteiger partial charge in [-0.1, -0.05) is 23.7 Å². The van der Waals surface area contributed by atoms with Crippen LogP contribution in [0.5, 0.6) is 5.75 Å². The highest BCUT2D eigenvalue weighted by Gasteiger charge is 2.35. The van der Waals surface area contributed by atoms with Crippen LogP contribution in [0.1, 0.15) is 35.7 Å². The minimum absolute atomic E-state index is 0.0610. The molecule has 2 aromatic rings. The fourth-order valence-electron chi connectivity index (χ4n) is 3.11. The number of rotatable bonds is 7. The van der Waals surface area contributed by atoms with Crippen molar-refractivity contribution in [2.24, 2.45) is 5.92 Å². The summed E-state index contributed by atoms with van der Waals surface area (Å²) in [7, 11) is 1.61. The second kappa shape index (κ2) is 7.96. The maximum absolute atomic E-state index is 13.2. The van der Waals surface area contributed by atoms with E-state index in [1.54, 1.807) is 12.0 Å². The van der Waals surface area contributed by atoms with Crippen molar-refractivity contribution in [2.45, 2.75) is 32.4 Å². The van der Waals surface area contributed by atoms with Crippen molar-refractivity contribution in [1.82, 2.24) is 4.90 Å². The lowest BCUT2D eigenvalue weighted by molar-refractivity contribution is -0.384. The van der Waals surface area contributed by atoms with Crippen LogP contribution in [0, 0.1) is 16.0 Å². The molecule has 0 radical (unpaired) electrons. The fraction of sp³-hybridized carbons (Fsp3) is 0.350. The van der Waals surface area contributed by atoms with E-state index in [4.69, 9.17) is 16.3 Å². The second-order valence-corrected chi connectivity index (χ2v) is 7.19. The quantitative estimate of drug-likeness (QED) is 0.509. The first-order valence-corrected chi connectivity index (χ1v) is 9.16. The van der Waals surface area contributed by atoms with Crippen LogP contribution >= 0.6 is 11.6 Å². The number of methoxy groups -OCH3 is 1. The largest absolute Gasteiger partial charge is 0.497 e. The molecular formula is C20H21ClN2O4. The monoisotopic (exact) mass is 388 g/mol. The molecule has 0 heterocycles. The van der Waals surface area contributed by atoms with Crippen molar-refractivity contribution in [3.8, 4) is 5.75 Å². The van der Waals surface area contributed by atoms with Crippen molar-refractivity contribution in [1.29, 1.82) is 0 Å². The van der Waals surface area contributed by atoms with Gasteiger partial charge < -0.3 is 9.64 Å². The first-order chi connectivity index (χ1) is 12.9. The normalized spacial score (nSPS) is 14.5. The standard InChI is InChI=1S/C20H21ClN2O4/c1-13(15-5-6-15)22(12-14-3-8-17(27-2)9-4-14)20(24)18-10-7-16(23(25)26)11-19(18)21/h3-4,7-11,13,15H,5-6,12H2,1-2H3/t13-/m0/s1. The summed E-state index contributed by atoms with van der Waals surface area (Å²) in [6.07, 6.45) is 2.20. The Labute approximate surface area is 162 Å². The minimum Gasteiger partial charge on any atom is -0.497 e. The van der Waals surface area contributed by atoms with Gasteiger partial charge in [0.05, 0.1) is 22.6 Å². The van der Waals surface area contributed by atoms with Crippen molar-refractivity contribution < 1.29 is 14.5 Å². The van der Waals surface area contributed by atoms with Gasteiger partial charge in [0.15, 0.2) is 0 Å². The highest BCUT2D eigenvalue weighted by molar-refractivity contribution is 6.34. The third-order valence-electron chi connectivity index (χ3n) is 4.96.